The van der Waals surface area contributed by atoms with E-state index in [4.69, 9.17) is 0 Å². The lowest BCUT2D eigenvalue weighted by molar-refractivity contribution is -0.116. The van der Waals surface area contributed by atoms with Gasteiger partial charge in [0.2, 0.25) is 5.91 Å². The van der Waals surface area contributed by atoms with Crippen LogP contribution in [0.5, 0.6) is 0 Å². The molecule has 0 aliphatic rings. The van der Waals surface area contributed by atoms with Crippen molar-refractivity contribution in [3.63, 3.8) is 0 Å². The van der Waals surface area contributed by atoms with Crippen LogP contribution in [0.2, 0.25) is 0 Å². The van der Waals surface area contributed by atoms with Crippen LogP contribution in [0.15, 0.2) is 41.3 Å². The van der Waals surface area contributed by atoms with Gasteiger partial charge in [-0.3, -0.25) is 18.6 Å². The summed E-state index contributed by atoms with van der Waals surface area (Å²) in [5.41, 5.74) is 1.41. The first-order valence-corrected chi connectivity index (χ1v) is 7.07. The van der Waals surface area contributed by atoms with Gasteiger partial charge in [-0.25, -0.2) is 4.79 Å². The van der Waals surface area contributed by atoms with Gasteiger partial charge < -0.3 is 5.32 Å². The van der Waals surface area contributed by atoms with E-state index in [1.165, 1.54) is 4.57 Å². The van der Waals surface area contributed by atoms with Crippen molar-refractivity contribution in [1.29, 1.82) is 0 Å². The monoisotopic (exact) mass is 299 g/mol. The zero-order chi connectivity index (χ0) is 15.7. The van der Waals surface area contributed by atoms with Crippen molar-refractivity contribution in [1.82, 2.24) is 18.9 Å². The molecule has 0 unspecified atom stereocenters. The Hall–Kier alpha value is -2.83. The second-order valence-corrected chi connectivity index (χ2v) is 5.02. The number of amides is 1. The van der Waals surface area contributed by atoms with E-state index < -0.39 is 0 Å². The van der Waals surface area contributed by atoms with Crippen LogP contribution in [-0.4, -0.2) is 24.8 Å². The van der Waals surface area contributed by atoms with Crippen LogP contribution < -0.4 is 11.0 Å². The van der Waals surface area contributed by atoms with Gasteiger partial charge in [-0.15, -0.1) is 0 Å². The molecular weight excluding hydrogens is 282 g/mol. The number of fused-ring (bicyclic) bond motifs is 1. The van der Waals surface area contributed by atoms with E-state index in [1.54, 1.807) is 28.6 Å². The number of anilines is 1. The highest BCUT2D eigenvalue weighted by Gasteiger charge is 2.14. The molecule has 2 heterocycles. The van der Waals surface area contributed by atoms with Crippen LogP contribution in [0, 0.1) is 0 Å². The van der Waals surface area contributed by atoms with Crippen molar-refractivity contribution in [2.24, 2.45) is 7.05 Å². The van der Waals surface area contributed by atoms with E-state index in [0.29, 0.717) is 12.4 Å². The quantitative estimate of drug-likeness (QED) is 0.786. The maximum absolute atomic E-state index is 12.4. The molecule has 7 heteroatoms. The summed E-state index contributed by atoms with van der Waals surface area (Å²) in [6.45, 7) is 2.43. The van der Waals surface area contributed by atoms with E-state index in [9.17, 15) is 9.59 Å². The number of nitrogens with zero attached hydrogens (tertiary/aromatic N) is 4. The molecular formula is C15H17N5O2. The van der Waals surface area contributed by atoms with Gasteiger partial charge in [0.15, 0.2) is 5.82 Å². The normalized spacial score (nSPS) is 11.0. The summed E-state index contributed by atoms with van der Waals surface area (Å²) in [6, 6.07) is 9.17. The van der Waals surface area contributed by atoms with Crippen LogP contribution >= 0.6 is 0 Å². The Morgan fingerprint density at radius 3 is 2.45 bits per heavy atom. The minimum absolute atomic E-state index is 0.0388. The van der Waals surface area contributed by atoms with Gasteiger partial charge in [-0.1, -0.05) is 12.1 Å². The molecule has 7 nitrogen and oxygen atoms in total. The summed E-state index contributed by atoms with van der Waals surface area (Å²) in [4.78, 5) is 24.6. The summed E-state index contributed by atoms with van der Waals surface area (Å²) in [5.74, 6) is 0.194. The lowest BCUT2D eigenvalue weighted by atomic mass is 10.3. The molecule has 0 saturated heterocycles. The number of rotatable bonds is 4. The minimum Gasteiger partial charge on any atom is -0.308 e. The molecule has 22 heavy (non-hydrogen) atoms. The molecule has 1 N–H and O–H groups in total. The topological polar surface area (TPSA) is 73.8 Å². The summed E-state index contributed by atoms with van der Waals surface area (Å²) in [7, 11) is 1.77. The Morgan fingerprint density at radius 1 is 1.18 bits per heavy atom. The predicted octanol–water partition coefficient (Wildman–Crippen LogP) is 1.20. The molecule has 3 rings (SSSR count). The Morgan fingerprint density at radius 2 is 1.86 bits per heavy atom. The second-order valence-electron chi connectivity index (χ2n) is 5.02. The van der Waals surface area contributed by atoms with Crippen LogP contribution in [0.1, 0.15) is 6.92 Å². The lowest BCUT2D eigenvalue weighted by Gasteiger charge is -2.03. The van der Waals surface area contributed by atoms with Crippen molar-refractivity contribution in [3.8, 4) is 0 Å². The number of benzene rings is 1. The van der Waals surface area contributed by atoms with Gasteiger partial charge in [-0.2, -0.15) is 5.10 Å². The number of imidazole rings is 1. The molecule has 2 aromatic heterocycles. The van der Waals surface area contributed by atoms with E-state index in [1.807, 2.05) is 31.2 Å². The Labute approximate surface area is 126 Å². The first kappa shape index (κ1) is 14.1. The largest absolute Gasteiger partial charge is 0.329 e. The maximum Gasteiger partial charge on any atom is 0.329 e. The molecule has 0 saturated carbocycles. The number of nitrogens with one attached hydrogen (secondary N) is 1. The molecule has 1 aromatic carbocycles. The predicted molar refractivity (Wildman–Crippen MR) is 83.7 cm³/mol. The highest BCUT2D eigenvalue weighted by molar-refractivity contribution is 5.90. The number of hydrogen-bond acceptors (Lipinski definition) is 3. The fourth-order valence-corrected chi connectivity index (χ4v) is 2.54. The Balaban J connectivity index is 1.92. The molecule has 0 spiro atoms. The van der Waals surface area contributed by atoms with Crippen molar-refractivity contribution in [2.75, 3.05) is 5.32 Å². The van der Waals surface area contributed by atoms with Crippen molar-refractivity contribution in [3.05, 3.63) is 47.0 Å². The second kappa shape index (κ2) is 5.51. The SMILES string of the molecule is CCn1c(=O)n(CC(=O)Nc2ccn(C)n2)c2ccccc21. The number of carbonyl (C=O) groups is 1. The minimum atomic E-state index is -0.278. The highest BCUT2D eigenvalue weighted by atomic mass is 16.2. The van der Waals surface area contributed by atoms with Gasteiger partial charge in [0, 0.05) is 25.9 Å². The molecule has 3 aromatic rings. The van der Waals surface area contributed by atoms with Crippen LogP contribution in [0.3, 0.4) is 0 Å². The Bertz CT molecular complexity index is 887. The van der Waals surface area contributed by atoms with Gasteiger partial charge in [0.05, 0.1) is 11.0 Å². The summed E-state index contributed by atoms with van der Waals surface area (Å²) < 4.78 is 4.74. The van der Waals surface area contributed by atoms with Crippen LogP contribution in [0.25, 0.3) is 11.0 Å². The van der Waals surface area contributed by atoms with Crippen molar-refractivity contribution in [2.45, 2.75) is 20.0 Å². The summed E-state index contributed by atoms with van der Waals surface area (Å²) >= 11 is 0. The fraction of sp³-hybridized carbons (Fsp3) is 0.267. The number of carbonyl (C=O) groups excluding carboxylic acids is 1. The molecule has 0 aliphatic heterocycles. The van der Waals surface area contributed by atoms with E-state index in [0.717, 1.165) is 11.0 Å². The van der Waals surface area contributed by atoms with Gasteiger partial charge in [0.1, 0.15) is 6.54 Å². The van der Waals surface area contributed by atoms with E-state index >= 15 is 0 Å². The third-order valence-corrected chi connectivity index (χ3v) is 3.52. The fourth-order valence-electron chi connectivity index (χ4n) is 2.54. The van der Waals surface area contributed by atoms with Crippen LogP contribution in [0.4, 0.5) is 5.82 Å². The maximum atomic E-state index is 12.4. The molecule has 0 aliphatic carbocycles. The summed E-state index contributed by atoms with van der Waals surface area (Å²) in [5, 5.41) is 6.78. The van der Waals surface area contributed by atoms with Crippen molar-refractivity contribution < 1.29 is 4.79 Å². The first-order valence-electron chi connectivity index (χ1n) is 7.07. The standard InChI is InChI=1S/C15H17N5O2/c1-3-19-11-6-4-5-7-12(11)20(15(19)22)10-14(21)16-13-8-9-18(2)17-13/h4-9H,3,10H2,1-2H3,(H,16,17,21). The van der Waals surface area contributed by atoms with Crippen LogP contribution in [-0.2, 0) is 24.9 Å². The average Bonchev–Trinajstić information content (AvgIpc) is 3.01. The molecule has 114 valence electrons. The van der Waals surface area contributed by atoms with Crippen molar-refractivity contribution >= 4 is 22.8 Å². The molecule has 0 fully saturated rings. The third kappa shape index (κ3) is 2.41. The number of aryl methyl sites for hydroxylation is 2. The lowest BCUT2D eigenvalue weighted by Crippen LogP contribution is -2.29. The van der Waals surface area contributed by atoms with Gasteiger partial charge in [-0.05, 0) is 19.1 Å². The highest BCUT2D eigenvalue weighted by Crippen LogP contribution is 2.12. The first-order chi connectivity index (χ1) is 10.6. The molecule has 0 bridgehead atoms. The molecule has 1 amide bonds. The zero-order valence-corrected chi connectivity index (χ0v) is 12.5. The van der Waals surface area contributed by atoms with E-state index in [2.05, 4.69) is 10.4 Å². The molecule has 0 radical (unpaired) electrons. The smallest absolute Gasteiger partial charge is 0.308 e. The van der Waals surface area contributed by atoms with Gasteiger partial charge >= 0.3 is 5.69 Å². The zero-order valence-electron chi connectivity index (χ0n) is 12.5. The van der Waals surface area contributed by atoms with E-state index in [-0.39, 0.29) is 18.1 Å². The number of para-hydroxylation sites is 2. The Kier molecular flexibility index (Phi) is 3.54. The average molecular weight is 299 g/mol. The van der Waals surface area contributed by atoms with Gasteiger partial charge in [0.25, 0.3) is 0 Å². The number of aromatic nitrogens is 4. The number of hydrogen-bond donors (Lipinski definition) is 1. The summed E-state index contributed by atoms with van der Waals surface area (Å²) in [6.07, 6.45) is 1.74. The third-order valence-electron chi connectivity index (χ3n) is 3.52. The molecule has 0 atom stereocenters.